The average molecular weight is 901 g/mol. The summed E-state index contributed by atoms with van der Waals surface area (Å²) in [6.45, 7) is 58.5. The van der Waals surface area contributed by atoms with E-state index in [-0.39, 0.29) is 63.1 Å². The van der Waals surface area contributed by atoms with Crippen LogP contribution in [-0.4, -0.2) is 70.1 Å². The van der Waals surface area contributed by atoms with E-state index in [0.29, 0.717) is 10.8 Å². The van der Waals surface area contributed by atoms with Crippen LogP contribution >= 0.6 is 0 Å². The smallest absolute Gasteiger partial charge is 0.174 e. The summed E-state index contributed by atoms with van der Waals surface area (Å²) in [5.41, 5.74) is 5.70. The molecule has 64 heavy (non-hydrogen) atoms. The van der Waals surface area contributed by atoms with E-state index in [9.17, 15) is 0 Å². The van der Waals surface area contributed by atoms with Crippen molar-refractivity contribution in [1.82, 2.24) is 25.7 Å². The minimum Gasteiger partial charge on any atom is -0.487 e. The summed E-state index contributed by atoms with van der Waals surface area (Å²) in [4.78, 5) is 9.60. The fourth-order valence-corrected chi connectivity index (χ4v) is 7.05. The van der Waals surface area contributed by atoms with Crippen molar-refractivity contribution in [1.29, 1.82) is 0 Å². The van der Waals surface area contributed by atoms with Crippen LogP contribution in [0.15, 0.2) is 35.6 Å². The molecule has 4 aliphatic rings. The third-order valence-electron chi connectivity index (χ3n) is 15.8. The van der Waals surface area contributed by atoms with E-state index in [4.69, 9.17) is 23.8 Å². The van der Waals surface area contributed by atoms with E-state index in [0.717, 1.165) is 44.4 Å². The van der Waals surface area contributed by atoms with E-state index in [1.807, 2.05) is 13.8 Å². The molecule has 6 rings (SSSR count). The van der Waals surface area contributed by atoms with Gasteiger partial charge < -0.3 is 18.9 Å². The number of ether oxygens (including phenoxy) is 4. The SMILES string of the molecule is C.CC(C)(C)C(C)(C)n1cnnn1.CC(C)(C)C1(C)CCOCC1.CC(C)(C)C1(C)OCCO1.CC1(C)CC(C)(C(C)(C)C)Oc2ccccc21.CC1N=C(C(C)(C)C(C)(C)C)NO1. The number of aliphatic imine (C=N–C) groups is 1. The number of rotatable bonds is 2. The highest BCUT2D eigenvalue weighted by Crippen LogP contribution is 2.51. The predicted octanol–water partition coefficient (Wildman–Crippen LogP) is 13.6. The molecular weight excluding hydrogens is 801 g/mol. The van der Waals surface area contributed by atoms with Crippen molar-refractivity contribution in [3.05, 3.63) is 36.2 Å². The molecule has 4 aliphatic heterocycles. The van der Waals surface area contributed by atoms with Gasteiger partial charge in [-0.05, 0) is 103 Å². The van der Waals surface area contributed by atoms with Crippen LogP contribution in [0.4, 0.5) is 0 Å². The maximum absolute atomic E-state index is 6.32. The summed E-state index contributed by atoms with van der Waals surface area (Å²) in [5, 5.41) is 11.2. The number of fused-ring (bicyclic) bond motifs is 1. The van der Waals surface area contributed by atoms with E-state index in [1.165, 1.54) is 18.4 Å². The summed E-state index contributed by atoms with van der Waals surface area (Å²) >= 11 is 0. The minimum absolute atomic E-state index is 0. The van der Waals surface area contributed by atoms with E-state index in [1.54, 1.807) is 11.0 Å². The van der Waals surface area contributed by atoms with Gasteiger partial charge in [-0.15, -0.1) is 5.10 Å². The molecule has 2 saturated heterocycles. The molecule has 11 nitrogen and oxygen atoms in total. The first-order valence-electron chi connectivity index (χ1n) is 23.6. The molecule has 0 aliphatic carbocycles. The maximum Gasteiger partial charge on any atom is 0.174 e. The molecule has 0 amide bonds. The Labute approximate surface area is 393 Å². The molecule has 2 aromatic rings. The first kappa shape index (κ1) is 59.4. The number of amidine groups is 1. The zero-order valence-corrected chi connectivity index (χ0v) is 45.2. The van der Waals surface area contributed by atoms with E-state index < -0.39 is 0 Å². The van der Waals surface area contributed by atoms with Gasteiger partial charge in [0.25, 0.3) is 0 Å². The highest BCUT2D eigenvalue weighted by molar-refractivity contribution is 5.88. The Balaban J connectivity index is 0.000000404. The molecule has 1 N–H and O–H groups in total. The van der Waals surface area contributed by atoms with Gasteiger partial charge in [-0.1, -0.05) is 164 Å². The second-order valence-corrected chi connectivity index (χ2v) is 25.7. The topological polar surface area (TPSA) is 114 Å². The Bertz CT molecular complexity index is 1720. The first-order chi connectivity index (χ1) is 28.2. The van der Waals surface area contributed by atoms with Crippen LogP contribution in [0, 0.1) is 37.9 Å². The van der Waals surface area contributed by atoms with Crippen molar-refractivity contribution >= 4 is 5.84 Å². The van der Waals surface area contributed by atoms with Gasteiger partial charge >= 0.3 is 0 Å². The highest BCUT2D eigenvalue weighted by Gasteiger charge is 2.49. The molecule has 5 heterocycles. The number of hydrogen-bond acceptors (Lipinski definition) is 10. The van der Waals surface area contributed by atoms with E-state index >= 15 is 0 Å². The lowest BCUT2D eigenvalue weighted by molar-refractivity contribution is -0.208. The highest BCUT2D eigenvalue weighted by atomic mass is 16.7. The molecule has 0 saturated carbocycles. The van der Waals surface area contributed by atoms with Gasteiger partial charge in [0.2, 0.25) is 0 Å². The molecule has 0 spiro atoms. The van der Waals surface area contributed by atoms with Gasteiger partial charge in [0, 0.05) is 29.5 Å². The first-order valence-corrected chi connectivity index (χ1v) is 23.6. The molecule has 2 atom stereocenters. The lowest BCUT2D eigenvalue weighted by Crippen LogP contribution is -2.52. The minimum atomic E-state index is -0.368. The van der Waals surface area contributed by atoms with Crippen LogP contribution in [-0.2, 0) is 30.0 Å². The third-order valence-corrected chi connectivity index (χ3v) is 15.8. The molecule has 372 valence electrons. The largest absolute Gasteiger partial charge is 0.487 e. The maximum atomic E-state index is 6.32. The lowest BCUT2D eigenvalue weighted by atomic mass is 9.64. The number of benzene rings is 1. The summed E-state index contributed by atoms with van der Waals surface area (Å²) in [5.74, 6) is 1.64. The second kappa shape index (κ2) is 21.1. The summed E-state index contributed by atoms with van der Waals surface area (Å²) in [6, 6.07) is 8.45. The number of nitrogens with zero attached hydrogens (tertiary/aromatic N) is 5. The summed E-state index contributed by atoms with van der Waals surface area (Å²) in [7, 11) is 0. The Kier molecular flexibility index (Phi) is 19.6. The molecule has 1 aromatic carbocycles. The zero-order valence-electron chi connectivity index (χ0n) is 45.2. The quantitative estimate of drug-likeness (QED) is 0.315. The summed E-state index contributed by atoms with van der Waals surface area (Å²) in [6.07, 6.45) is 5.09. The van der Waals surface area contributed by atoms with Crippen LogP contribution in [0.3, 0.4) is 0 Å². The number of para-hydroxylation sites is 1. The number of aromatic nitrogens is 4. The molecule has 0 radical (unpaired) electrons. The fraction of sp³-hybridized carbons (Fsp3) is 0.849. The van der Waals surface area contributed by atoms with Crippen LogP contribution in [0.1, 0.15) is 205 Å². The van der Waals surface area contributed by atoms with Gasteiger partial charge in [-0.25, -0.2) is 14.5 Å². The van der Waals surface area contributed by atoms with Crippen molar-refractivity contribution < 1.29 is 23.8 Å². The molecule has 11 heteroatoms. The monoisotopic (exact) mass is 901 g/mol. The number of nitrogens with one attached hydrogen (secondary N) is 1. The predicted molar refractivity (Wildman–Crippen MR) is 268 cm³/mol. The Morgan fingerprint density at radius 3 is 1.55 bits per heavy atom. The van der Waals surface area contributed by atoms with Crippen LogP contribution in [0.25, 0.3) is 0 Å². The van der Waals surface area contributed by atoms with Crippen LogP contribution < -0.4 is 10.2 Å². The molecule has 2 fully saturated rings. The second-order valence-electron chi connectivity index (χ2n) is 25.7. The number of hydroxylamine groups is 1. The molecule has 1 aromatic heterocycles. The fourth-order valence-electron chi connectivity index (χ4n) is 7.05. The molecular formula is C53H100N6O5. The number of hydrogen-bond donors (Lipinski definition) is 1. The van der Waals surface area contributed by atoms with Crippen LogP contribution in [0.5, 0.6) is 5.75 Å². The Morgan fingerprint density at radius 1 is 0.672 bits per heavy atom. The van der Waals surface area contributed by atoms with Gasteiger partial charge in [0.05, 0.1) is 18.8 Å². The lowest BCUT2D eigenvalue weighted by Gasteiger charge is -2.50. The summed E-state index contributed by atoms with van der Waals surface area (Å²) < 4.78 is 24.4. The zero-order chi connectivity index (χ0) is 48.9. The number of tetrazole rings is 1. The average Bonchev–Trinajstić information content (AvgIpc) is 3.91. The standard InChI is InChI=1S/C16H24O.C10H20N2O.C10H20O.C8H16N4.C8H16O2.CH4/c1-14(2,3)16(6)11-15(4,5)12-9-7-8-10-13(12)17-16;1-7-11-8(12-13-7)10(5,6)9(2,3)4;1-9(2,3)10(4)5-7-11-8-6-10;1-7(2,3)8(4,5)12-6-9-10-11-12;1-7(2,3)8(4)9-5-6-10-8;/h7-10H,11H2,1-6H3;7H,1-6H3,(H,11,12);5-8H2,1-4H3;6H,1-5H3;5-6H2,1-4H3;1H4. The third kappa shape index (κ3) is 14.7. The molecule has 0 bridgehead atoms. The van der Waals surface area contributed by atoms with Gasteiger partial charge in [0.15, 0.2) is 12.0 Å². The van der Waals surface area contributed by atoms with Gasteiger partial charge in [0.1, 0.15) is 23.5 Å². The van der Waals surface area contributed by atoms with Crippen molar-refractivity contribution in [3.63, 3.8) is 0 Å². The normalized spacial score (nSPS) is 22.9. The van der Waals surface area contributed by atoms with Crippen molar-refractivity contribution in [2.75, 3.05) is 26.4 Å². The van der Waals surface area contributed by atoms with Crippen molar-refractivity contribution in [2.24, 2.45) is 42.9 Å². The Morgan fingerprint density at radius 2 is 1.19 bits per heavy atom. The van der Waals surface area contributed by atoms with Crippen LogP contribution in [0.2, 0.25) is 0 Å². The Hall–Kier alpha value is -2.60. The van der Waals surface area contributed by atoms with Crippen molar-refractivity contribution in [3.8, 4) is 5.75 Å². The van der Waals surface area contributed by atoms with E-state index in [2.05, 4.69) is 210 Å². The van der Waals surface area contributed by atoms with Gasteiger partial charge in [-0.3, -0.25) is 5.48 Å². The van der Waals surface area contributed by atoms with Crippen molar-refractivity contribution in [2.45, 2.75) is 228 Å². The van der Waals surface area contributed by atoms with Gasteiger partial charge in [-0.2, -0.15) is 0 Å². The molecule has 2 unspecified atom stereocenters.